The summed E-state index contributed by atoms with van der Waals surface area (Å²) in [5.74, 6) is -0.0418. The molecule has 0 radical (unpaired) electrons. The Bertz CT molecular complexity index is 450. The van der Waals surface area contributed by atoms with Crippen LogP contribution in [0.4, 0.5) is 5.69 Å². The summed E-state index contributed by atoms with van der Waals surface area (Å²) in [6.07, 6.45) is 0.236. The van der Waals surface area contributed by atoms with Crippen LogP contribution in [0.5, 0.6) is 5.75 Å². The van der Waals surface area contributed by atoms with Crippen molar-refractivity contribution in [2.24, 2.45) is 5.73 Å². The van der Waals surface area contributed by atoms with Crippen molar-refractivity contribution in [3.05, 3.63) is 33.9 Å². The summed E-state index contributed by atoms with van der Waals surface area (Å²) in [5, 5.41) is 10.6. The number of primary amides is 1. The molecule has 1 atom stereocenters. The number of methoxy groups -OCH3 is 1. The van der Waals surface area contributed by atoms with Crippen molar-refractivity contribution in [2.45, 2.75) is 11.2 Å². The second-order valence-corrected chi connectivity index (χ2v) is 4.43. The first-order chi connectivity index (χ1) is 7.95. The number of carbonyl (C=O) groups is 1. The van der Waals surface area contributed by atoms with Crippen LogP contribution in [-0.4, -0.2) is 22.8 Å². The van der Waals surface area contributed by atoms with Gasteiger partial charge in [-0.2, -0.15) is 0 Å². The summed E-state index contributed by atoms with van der Waals surface area (Å²) in [6, 6.07) is 4.21. The van der Waals surface area contributed by atoms with E-state index in [1.807, 2.05) is 0 Å². The van der Waals surface area contributed by atoms with Gasteiger partial charge in [-0.25, -0.2) is 0 Å². The van der Waals surface area contributed by atoms with Crippen molar-refractivity contribution >= 4 is 27.5 Å². The molecule has 17 heavy (non-hydrogen) atoms. The van der Waals surface area contributed by atoms with Gasteiger partial charge in [-0.1, -0.05) is 15.9 Å². The lowest BCUT2D eigenvalue weighted by molar-refractivity contribution is -0.384. The number of nitro groups is 1. The molecule has 1 aromatic rings. The van der Waals surface area contributed by atoms with Crippen LogP contribution in [-0.2, 0) is 11.2 Å². The predicted molar refractivity (Wildman–Crippen MR) is 65.3 cm³/mol. The number of amides is 1. The Balaban J connectivity index is 3.06. The van der Waals surface area contributed by atoms with E-state index in [2.05, 4.69) is 15.9 Å². The van der Waals surface area contributed by atoms with E-state index in [9.17, 15) is 14.9 Å². The van der Waals surface area contributed by atoms with Crippen molar-refractivity contribution in [1.29, 1.82) is 0 Å². The second kappa shape index (κ2) is 5.62. The molecule has 0 bridgehead atoms. The van der Waals surface area contributed by atoms with E-state index in [4.69, 9.17) is 10.5 Å². The summed E-state index contributed by atoms with van der Waals surface area (Å²) >= 11 is 3.10. The minimum Gasteiger partial charge on any atom is -0.496 e. The number of nitrogens with zero attached hydrogens (tertiary/aromatic N) is 1. The predicted octanol–water partition coefficient (Wildman–Crippen LogP) is 1.39. The van der Waals surface area contributed by atoms with E-state index in [1.54, 1.807) is 0 Å². The Morgan fingerprint density at radius 2 is 2.29 bits per heavy atom. The average molecular weight is 303 g/mol. The number of hydrogen-bond acceptors (Lipinski definition) is 4. The summed E-state index contributed by atoms with van der Waals surface area (Å²) in [7, 11) is 1.46. The summed E-state index contributed by atoms with van der Waals surface area (Å²) < 4.78 is 5.07. The smallest absolute Gasteiger partial charge is 0.269 e. The number of halogens is 1. The molecule has 0 heterocycles. The number of rotatable bonds is 5. The van der Waals surface area contributed by atoms with Crippen molar-refractivity contribution in [2.75, 3.05) is 7.11 Å². The first kappa shape index (κ1) is 13.4. The van der Waals surface area contributed by atoms with E-state index in [0.29, 0.717) is 11.3 Å². The molecular formula is C10H11BrN2O4. The Labute approximate surface area is 106 Å². The third-order valence-corrected chi connectivity index (χ3v) is 2.96. The van der Waals surface area contributed by atoms with Gasteiger partial charge in [0.25, 0.3) is 5.69 Å². The lowest BCUT2D eigenvalue weighted by Gasteiger charge is -2.10. The molecule has 0 saturated carbocycles. The van der Waals surface area contributed by atoms with Gasteiger partial charge in [0.1, 0.15) is 5.75 Å². The van der Waals surface area contributed by atoms with Crippen LogP contribution >= 0.6 is 15.9 Å². The van der Waals surface area contributed by atoms with Crippen LogP contribution in [0.1, 0.15) is 5.56 Å². The first-order valence-electron chi connectivity index (χ1n) is 4.70. The number of nitrogens with two attached hydrogens (primary N) is 1. The molecule has 1 amide bonds. The molecule has 0 fully saturated rings. The van der Waals surface area contributed by atoms with Crippen LogP contribution in [0.25, 0.3) is 0 Å². The van der Waals surface area contributed by atoms with E-state index >= 15 is 0 Å². The van der Waals surface area contributed by atoms with Gasteiger partial charge in [-0.15, -0.1) is 0 Å². The van der Waals surface area contributed by atoms with Crippen LogP contribution in [0.15, 0.2) is 18.2 Å². The van der Waals surface area contributed by atoms with Gasteiger partial charge in [0.05, 0.1) is 16.9 Å². The molecule has 0 aliphatic rings. The molecule has 6 nitrogen and oxygen atoms in total. The number of alkyl halides is 1. The SMILES string of the molecule is COc1ccc([N+](=O)[O-])cc1CC(Br)C(N)=O. The third-order valence-electron chi connectivity index (χ3n) is 2.18. The summed E-state index contributed by atoms with van der Waals surface area (Å²) in [6.45, 7) is 0. The van der Waals surface area contributed by atoms with Crippen LogP contribution < -0.4 is 10.5 Å². The molecule has 92 valence electrons. The van der Waals surface area contributed by atoms with Gasteiger partial charge in [0, 0.05) is 17.7 Å². The van der Waals surface area contributed by atoms with Gasteiger partial charge in [-0.3, -0.25) is 14.9 Å². The number of hydrogen-bond donors (Lipinski definition) is 1. The highest BCUT2D eigenvalue weighted by Crippen LogP contribution is 2.26. The minimum absolute atomic E-state index is 0.0510. The molecule has 7 heteroatoms. The standard InChI is InChI=1S/C10H11BrN2O4/c1-17-9-3-2-7(13(15)16)4-6(9)5-8(11)10(12)14/h2-4,8H,5H2,1H3,(H2,12,14). The quantitative estimate of drug-likeness (QED) is 0.505. The van der Waals surface area contributed by atoms with Crippen LogP contribution in [0, 0.1) is 10.1 Å². The molecule has 2 N–H and O–H groups in total. The molecule has 1 aromatic carbocycles. The van der Waals surface area contributed by atoms with E-state index in [-0.39, 0.29) is 12.1 Å². The zero-order valence-corrected chi connectivity index (χ0v) is 10.6. The van der Waals surface area contributed by atoms with Crippen molar-refractivity contribution in [1.82, 2.24) is 0 Å². The highest BCUT2D eigenvalue weighted by atomic mass is 79.9. The van der Waals surface area contributed by atoms with Gasteiger partial charge in [-0.05, 0) is 12.5 Å². The highest BCUT2D eigenvalue weighted by Gasteiger charge is 2.17. The Hall–Kier alpha value is -1.63. The fourth-order valence-electron chi connectivity index (χ4n) is 1.33. The molecule has 0 aliphatic carbocycles. The van der Waals surface area contributed by atoms with Crippen LogP contribution in [0.3, 0.4) is 0 Å². The van der Waals surface area contributed by atoms with Gasteiger partial charge in [0.2, 0.25) is 5.91 Å². The molecule has 1 rings (SSSR count). The summed E-state index contributed by atoms with van der Waals surface area (Å²) in [4.78, 5) is 20.5. The molecule has 0 spiro atoms. The van der Waals surface area contributed by atoms with Crippen molar-refractivity contribution < 1.29 is 14.5 Å². The third kappa shape index (κ3) is 3.42. The maximum Gasteiger partial charge on any atom is 0.269 e. The Morgan fingerprint density at radius 1 is 1.65 bits per heavy atom. The minimum atomic E-state index is -0.585. The molecule has 0 saturated heterocycles. The maximum atomic E-state index is 10.9. The molecule has 0 aromatic heterocycles. The van der Waals surface area contributed by atoms with Crippen molar-refractivity contribution in [3.8, 4) is 5.75 Å². The average Bonchev–Trinajstić information content (AvgIpc) is 2.28. The van der Waals surface area contributed by atoms with E-state index in [0.717, 1.165) is 0 Å². The normalized spacial score (nSPS) is 11.9. The molecular weight excluding hydrogens is 292 g/mol. The highest BCUT2D eigenvalue weighted by molar-refractivity contribution is 9.10. The van der Waals surface area contributed by atoms with Crippen LogP contribution in [0.2, 0.25) is 0 Å². The van der Waals surface area contributed by atoms with E-state index in [1.165, 1.54) is 25.3 Å². The Kier molecular flexibility index (Phi) is 4.45. The fourth-order valence-corrected chi connectivity index (χ4v) is 1.68. The number of carbonyl (C=O) groups excluding carboxylic acids is 1. The van der Waals surface area contributed by atoms with E-state index < -0.39 is 15.7 Å². The second-order valence-electron chi connectivity index (χ2n) is 3.33. The first-order valence-corrected chi connectivity index (χ1v) is 5.62. The monoisotopic (exact) mass is 302 g/mol. The maximum absolute atomic E-state index is 10.9. The lowest BCUT2D eigenvalue weighted by Crippen LogP contribution is -2.25. The molecule has 1 unspecified atom stereocenters. The lowest BCUT2D eigenvalue weighted by atomic mass is 10.1. The fraction of sp³-hybridized carbons (Fsp3) is 0.300. The summed E-state index contributed by atoms with van der Waals surface area (Å²) in [5.41, 5.74) is 5.62. The number of nitro benzene ring substituents is 1. The number of benzene rings is 1. The van der Waals surface area contributed by atoms with Gasteiger partial charge < -0.3 is 10.5 Å². The van der Waals surface area contributed by atoms with Gasteiger partial charge >= 0.3 is 0 Å². The van der Waals surface area contributed by atoms with Gasteiger partial charge in [0.15, 0.2) is 0 Å². The largest absolute Gasteiger partial charge is 0.496 e. The number of non-ortho nitro benzene ring substituents is 1. The zero-order chi connectivity index (χ0) is 13.0. The zero-order valence-electron chi connectivity index (χ0n) is 9.05. The topological polar surface area (TPSA) is 95.5 Å². The van der Waals surface area contributed by atoms with Crippen molar-refractivity contribution in [3.63, 3.8) is 0 Å². The Morgan fingerprint density at radius 3 is 2.76 bits per heavy atom. The number of ether oxygens (including phenoxy) is 1. The molecule has 0 aliphatic heterocycles.